The normalized spacial score (nSPS) is 23.8. The number of H-pyrrole nitrogens is 1. The fraction of sp³-hybridized carbons (Fsp3) is 0.500. The number of hydrogen-bond donors (Lipinski definition) is 2. The number of nitrogens with one attached hydrogen (secondary N) is 2. The first-order chi connectivity index (χ1) is 11.6. The van der Waals surface area contributed by atoms with Crippen molar-refractivity contribution in [3.63, 3.8) is 0 Å². The third-order valence-electron chi connectivity index (χ3n) is 4.90. The van der Waals surface area contributed by atoms with E-state index in [1.54, 1.807) is 0 Å². The van der Waals surface area contributed by atoms with Crippen molar-refractivity contribution in [1.82, 2.24) is 20.5 Å². The Hall–Kier alpha value is -1.82. The predicted octanol–water partition coefficient (Wildman–Crippen LogP) is 3.50. The summed E-state index contributed by atoms with van der Waals surface area (Å²) in [4.78, 5) is 16.7. The Bertz CT molecular complexity index is 673. The number of carbonyl (C=O) groups is 1. The van der Waals surface area contributed by atoms with Gasteiger partial charge in [0, 0.05) is 11.6 Å². The average molecular weight is 344 g/mol. The van der Waals surface area contributed by atoms with Crippen LogP contribution in [0.1, 0.15) is 33.1 Å². The van der Waals surface area contributed by atoms with E-state index >= 15 is 0 Å². The second-order valence-corrected chi connectivity index (χ2v) is 7.51. The van der Waals surface area contributed by atoms with Crippen molar-refractivity contribution in [2.45, 2.75) is 44.3 Å². The van der Waals surface area contributed by atoms with Gasteiger partial charge in [0.2, 0.25) is 11.1 Å². The van der Waals surface area contributed by atoms with Crippen LogP contribution in [-0.4, -0.2) is 32.9 Å². The van der Waals surface area contributed by atoms with E-state index in [1.807, 2.05) is 30.3 Å². The summed E-state index contributed by atoms with van der Waals surface area (Å²) < 4.78 is 0. The Labute approximate surface area is 147 Å². The molecular formula is C18H24N4OS. The second-order valence-electron chi connectivity index (χ2n) is 6.56. The molecule has 1 fully saturated rings. The van der Waals surface area contributed by atoms with Crippen LogP contribution >= 0.6 is 11.8 Å². The zero-order chi connectivity index (χ0) is 16.9. The van der Waals surface area contributed by atoms with E-state index in [9.17, 15) is 4.79 Å². The summed E-state index contributed by atoms with van der Waals surface area (Å²) in [6.45, 7) is 4.51. The maximum Gasteiger partial charge on any atom is 0.230 e. The molecule has 2 aromatic rings. The van der Waals surface area contributed by atoms with Crippen LogP contribution in [0.25, 0.3) is 11.4 Å². The molecule has 5 nitrogen and oxygen atoms in total. The molecule has 1 amide bonds. The lowest BCUT2D eigenvalue weighted by atomic mass is 9.78. The molecule has 2 N–H and O–H groups in total. The number of aromatic nitrogens is 3. The summed E-state index contributed by atoms with van der Waals surface area (Å²) in [5.74, 6) is 2.37. The van der Waals surface area contributed by atoms with E-state index in [4.69, 9.17) is 0 Å². The minimum absolute atomic E-state index is 0.0667. The molecule has 1 saturated carbocycles. The molecule has 0 unspecified atom stereocenters. The predicted molar refractivity (Wildman–Crippen MR) is 96.7 cm³/mol. The molecule has 0 spiro atoms. The number of carbonyl (C=O) groups excluding carboxylic acids is 1. The lowest BCUT2D eigenvalue weighted by Gasteiger charge is -2.34. The Balaban J connectivity index is 1.51. The van der Waals surface area contributed by atoms with E-state index in [1.165, 1.54) is 24.6 Å². The van der Waals surface area contributed by atoms with Crippen LogP contribution in [0.3, 0.4) is 0 Å². The lowest BCUT2D eigenvalue weighted by molar-refractivity contribution is -0.120. The van der Waals surface area contributed by atoms with Gasteiger partial charge in [-0.1, -0.05) is 68.8 Å². The van der Waals surface area contributed by atoms with E-state index in [0.717, 1.165) is 17.8 Å². The number of thioether (sulfide) groups is 1. The smallest absolute Gasteiger partial charge is 0.230 e. The summed E-state index contributed by atoms with van der Waals surface area (Å²) in [5.41, 5.74) is 0.992. The second kappa shape index (κ2) is 7.83. The molecule has 128 valence electrons. The zero-order valence-corrected chi connectivity index (χ0v) is 15.0. The van der Waals surface area contributed by atoms with Crippen molar-refractivity contribution in [2.75, 3.05) is 5.75 Å². The standard InChI is InChI=1S/C18H24N4OS/c1-12-7-6-10-15(13(12)2)19-16(23)11-24-18-20-17(21-22-18)14-8-4-3-5-9-14/h3-5,8-9,12-13,15H,6-7,10-11H2,1-2H3,(H,19,23)(H,20,21,22)/t12-,13+,15+/m0/s1. The molecule has 24 heavy (non-hydrogen) atoms. The highest BCUT2D eigenvalue weighted by Crippen LogP contribution is 2.29. The Morgan fingerprint density at radius 2 is 2.08 bits per heavy atom. The van der Waals surface area contributed by atoms with Crippen LogP contribution in [0.5, 0.6) is 0 Å². The van der Waals surface area contributed by atoms with Crippen LogP contribution in [0.2, 0.25) is 0 Å². The van der Waals surface area contributed by atoms with Gasteiger partial charge in [-0.3, -0.25) is 9.89 Å². The first-order valence-electron chi connectivity index (χ1n) is 8.53. The molecule has 0 saturated heterocycles. The van der Waals surface area contributed by atoms with Gasteiger partial charge < -0.3 is 5.32 Å². The van der Waals surface area contributed by atoms with Crippen molar-refractivity contribution >= 4 is 17.7 Å². The maximum atomic E-state index is 12.2. The van der Waals surface area contributed by atoms with Gasteiger partial charge in [0.1, 0.15) is 0 Å². The van der Waals surface area contributed by atoms with Gasteiger partial charge in [-0.25, -0.2) is 4.98 Å². The molecule has 1 aliphatic carbocycles. The van der Waals surface area contributed by atoms with Crippen LogP contribution in [0, 0.1) is 11.8 Å². The molecule has 0 bridgehead atoms. The molecule has 1 heterocycles. The van der Waals surface area contributed by atoms with E-state index in [-0.39, 0.29) is 5.91 Å². The molecule has 1 aromatic heterocycles. The molecule has 1 aliphatic rings. The number of nitrogens with zero attached hydrogens (tertiary/aromatic N) is 2. The zero-order valence-electron chi connectivity index (χ0n) is 14.2. The van der Waals surface area contributed by atoms with Crippen LogP contribution in [-0.2, 0) is 4.79 Å². The highest BCUT2D eigenvalue weighted by Gasteiger charge is 2.28. The summed E-state index contributed by atoms with van der Waals surface area (Å²) in [7, 11) is 0. The summed E-state index contributed by atoms with van der Waals surface area (Å²) >= 11 is 1.37. The fourth-order valence-electron chi connectivity index (χ4n) is 3.20. The third kappa shape index (κ3) is 4.17. The topological polar surface area (TPSA) is 70.7 Å². The van der Waals surface area contributed by atoms with Gasteiger partial charge in [-0.2, -0.15) is 0 Å². The molecular weight excluding hydrogens is 320 g/mol. The molecule has 0 radical (unpaired) electrons. The Morgan fingerprint density at radius 1 is 1.29 bits per heavy atom. The number of aromatic amines is 1. The maximum absolute atomic E-state index is 12.2. The van der Waals surface area contributed by atoms with E-state index in [2.05, 4.69) is 34.3 Å². The summed E-state index contributed by atoms with van der Waals surface area (Å²) in [6, 6.07) is 10.1. The summed E-state index contributed by atoms with van der Waals surface area (Å²) in [5, 5.41) is 10.9. The number of benzene rings is 1. The molecule has 0 aliphatic heterocycles. The largest absolute Gasteiger partial charge is 0.352 e. The van der Waals surface area contributed by atoms with Crippen molar-refractivity contribution in [2.24, 2.45) is 11.8 Å². The number of rotatable bonds is 5. The third-order valence-corrected chi connectivity index (χ3v) is 5.75. The summed E-state index contributed by atoms with van der Waals surface area (Å²) in [6.07, 6.45) is 3.55. The van der Waals surface area contributed by atoms with Crippen molar-refractivity contribution < 1.29 is 4.79 Å². The van der Waals surface area contributed by atoms with Gasteiger partial charge in [-0.05, 0) is 18.3 Å². The SMILES string of the molecule is C[C@@H]1[C@@H](C)CCC[C@H]1NC(=O)CSc1n[nH]c(-c2ccccc2)n1. The molecule has 6 heteroatoms. The first kappa shape index (κ1) is 17.0. The minimum Gasteiger partial charge on any atom is -0.352 e. The van der Waals surface area contributed by atoms with Crippen molar-refractivity contribution in [3.05, 3.63) is 30.3 Å². The lowest BCUT2D eigenvalue weighted by Crippen LogP contribution is -2.44. The van der Waals surface area contributed by atoms with Crippen LogP contribution < -0.4 is 5.32 Å². The van der Waals surface area contributed by atoms with Gasteiger partial charge in [0.25, 0.3) is 0 Å². The molecule has 3 rings (SSSR count). The van der Waals surface area contributed by atoms with Gasteiger partial charge in [0.15, 0.2) is 5.82 Å². The Morgan fingerprint density at radius 3 is 2.88 bits per heavy atom. The molecule has 3 atom stereocenters. The Kier molecular flexibility index (Phi) is 5.56. The van der Waals surface area contributed by atoms with Crippen molar-refractivity contribution in [3.8, 4) is 11.4 Å². The van der Waals surface area contributed by atoms with Crippen LogP contribution in [0.4, 0.5) is 0 Å². The first-order valence-corrected chi connectivity index (χ1v) is 9.52. The quantitative estimate of drug-likeness (QED) is 0.814. The van der Waals surface area contributed by atoms with E-state index in [0.29, 0.717) is 28.8 Å². The number of hydrogen-bond acceptors (Lipinski definition) is 4. The van der Waals surface area contributed by atoms with Crippen LogP contribution in [0.15, 0.2) is 35.5 Å². The van der Waals surface area contributed by atoms with Crippen molar-refractivity contribution in [1.29, 1.82) is 0 Å². The van der Waals surface area contributed by atoms with Gasteiger partial charge in [0.05, 0.1) is 5.75 Å². The number of amides is 1. The highest BCUT2D eigenvalue weighted by atomic mass is 32.2. The van der Waals surface area contributed by atoms with Gasteiger partial charge >= 0.3 is 0 Å². The molecule has 1 aromatic carbocycles. The minimum atomic E-state index is 0.0667. The van der Waals surface area contributed by atoms with E-state index < -0.39 is 0 Å². The van der Waals surface area contributed by atoms with Gasteiger partial charge in [-0.15, -0.1) is 5.10 Å². The highest BCUT2D eigenvalue weighted by molar-refractivity contribution is 7.99. The monoisotopic (exact) mass is 344 g/mol. The fourth-order valence-corrected chi connectivity index (χ4v) is 3.81. The average Bonchev–Trinajstić information content (AvgIpc) is 3.07.